The lowest BCUT2D eigenvalue weighted by molar-refractivity contribution is -0.135. The molecule has 0 saturated heterocycles. The summed E-state index contributed by atoms with van der Waals surface area (Å²) in [5.41, 5.74) is 23.9. The summed E-state index contributed by atoms with van der Waals surface area (Å²) in [5.74, 6) is -3.69. The average Bonchev–Trinajstić information content (AvgIpc) is 3.31. The van der Waals surface area contributed by atoms with E-state index in [2.05, 4.69) is 43.5 Å². The number of nitrogens with zero attached hydrogens (tertiary/aromatic N) is 1. The van der Waals surface area contributed by atoms with Crippen LogP contribution in [0.3, 0.4) is 0 Å². The SMILES string of the molecule is C=C1/C=C\C=C/CNC=C1C[C@H](NC(=O)[C@H](CCCCN)NC(=O)[C@@H](C)CCCN=C(N)N)C(=O)N[C@@H](CCSC)C(=O)N[C@@H](Cc1ccccc1)C(=O)N[C@@H](C)C(N)=O. The summed E-state index contributed by atoms with van der Waals surface area (Å²) in [6, 6.07) is 3.49. The minimum absolute atomic E-state index is 0.0285. The predicted molar refractivity (Wildman–Crippen MR) is 238 cm³/mol. The highest BCUT2D eigenvalue weighted by atomic mass is 32.2. The summed E-state index contributed by atoms with van der Waals surface area (Å²) in [6.07, 6.45) is 13.6. The maximum Gasteiger partial charge on any atom is 0.243 e. The molecule has 1 aromatic rings. The Morgan fingerprint density at radius 3 is 2.00 bits per heavy atom. The summed E-state index contributed by atoms with van der Waals surface area (Å²) in [4.78, 5) is 85.1. The van der Waals surface area contributed by atoms with E-state index in [4.69, 9.17) is 22.9 Å². The summed E-state index contributed by atoms with van der Waals surface area (Å²) in [6.45, 7) is 8.58. The molecule has 0 radical (unpaired) electrons. The van der Waals surface area contributed by atoms with Crippen LogP contribution in [-0.4, -0.2) is 103 Å². The monoisotopic (exact) mass is 851 g/mol. The van der Waals surface area contributed by atoms with Gasteiger partial charge in [-0.05, 0) is 80.7 Å². The van der Waals surface area contributed by atoms with Crippen LogP contribution in [0.25, 0.3) is 0 Å². The molecule has 60 heavy (non-hydrogen) atoms. The normalized spacial score (nSPS) is 16.5. The summed E-state index contributed by atoms with van der Waals surface area (Å²) >= 11 is 1.46. The first-order valence-corrected chi connectivity index (χ1v) is 21.6. The number of guanidine groups is 1. The first kappa shape index (κ1) is 50.5. The molecule has 6 amide bonds. The quantitative estimate of drug-likeness (QED) is 0.0343. The molecule has 6 atom stereocenters. The molecule has 2 rings (SSSR count). The largest absolute Gasteiger partial charge is 0.387 e. The smallest absolute Gasteiger partial charge is 0.243 e. The minimum atomic E-state index is -1.24. The second-order valence-electron chi connectivity index (χ2n) is 14.6. The molecule has 17 nitrogen and oxygen atoms in total. The van der Waals surface area contributed by atoms with Crippen LogP contribution in [0.4, 0.5) is 0 Å². The zero-order chi connectivity index (χ0) is 44.5. The van der Waals surface area contributed by atoms with Gasteiger partial charge < -0.3 is 54.8 Å². The van der Waals surface area contributed by atoms with E-state index in [9.17, 15) is 28.8 Å². The number of nitrogens with one attached hydrogen (secondary N) is 6. The van der Waals surface area contributed by atoms with Crippen LogP contribution in [0.5, 0.6) is 0 Å². The number of carbonyl (C=O) groups is 6. The van der Waals surface area contributed by atoms with Gasteiger partial charge in [-0.15, -0.1) is 0 Å². The van der Waals surface area contributed by atoms with Gasteiger partial charge in [0.15, 0.2) is 5.96 Å². The molecule has 1 heterocycles. The third-order valence-electron chi connectivity index (χ3n) is 9.59. The Labute approximate surface area is 357 Å². The molecule has 0 unspecified atom stereocenters. The number of unbranched alkanes of at least 4 members (excludes halogenated alkanes) is 1. The number of nitrogens with two attached hydrogens (primary N) is 4. The van der Waals surface area contributed by atoms with E-state index in [1.54, 1.807) is 43.5 Å². The van der Waals surface area contributed by atoms with Crippen LogP contribution in [0.1, 0.15) is 64.4 Å². The molecule has 330 valence electrons. The van der Waals surface area contributed by atoms with Gasteiger partial charge in [-0.2, -0.15) is 11.8 Å². The van der Waals surface area contributed by atoms with E-state index in [0.717, 1.165) is 5.56 Å². The van der Waals surface area contributed by atoms with E-state index in [1.165, 1.54) is 18.7 Å². The molecule has 0 bridgehead atoms. The molecule has 1 aromatic carbocycles. The maximum atomic E-state index is 14.4. The Bertz CT molecular complexity index is 1710. The van der Waals surface area contributed by atoms with Crippen molar-refractivity contribution in [2.24, 2.45) is 33.8 Å². The van der Waals surface area contributed by atoms with Crippen molar-refractivity contribution in [3.63, 3.8) is 0 Å². The van der Waals surface area contributed by atoms with Crippen molar-refractivity contribution < 1.29 is 28.8 Å². The number of benzene rings is 1. The number of carbonyl (C=O) groups excluding carboxylic acids is 6. The number of thioether (sulfide) groups is 1. The van der Waals surface area contributed by atoms with Gasteiger partial charge in [0, 0.05) is 38.0 Å². The highest BCUT2D eigenvalue weighted by molar-refractivity contribution is 7.98. The Hall–Kier alpha value is -5.62. The van der Waals surface area contributed by atoms with Crippen LogP contribution in [-0.2, 0) is 35.2 Å². The lowest BCUT2D eigenvalue weighted by Crippen LogP contribution is -2.59. The van der Waals surface area contributed by atoms with E-state index >= 15 is 0 Å². The van der Waals surface area contributed by atoms with Gasteiger partial charge in [0.25, 0.3) is 0 Å². The first-order chi connectivity index (χ1) is 28.7. The second kappa shape index (κ2) is 28.0. The van der Waals surface area contributed by atoms with Crippen molar-refractivity contribution >= 4 is 53.2 Å². The van der Waals surface area contributed by atoms with E-state index < -0.39 is 65.7 Å². The highest BCUT2D eigenvalue weighted by Gasteiger charge is 2.33. The average molecular weight is 852 g/mol. The van der Waals surface area contributed by atoms with Gasteiger partial charge in [0.05, 0.1) is 0 Å². The van der Waals surface area contributed by atoms with Gasteiger partial charge in [-0.25, -0.2) is 0 Å². The highest BCUT2D eigenvalue weighted by Crippen LogP contribution is 2.18. The molecule has 0 fully saturated rings. The Morgan fingerprint density at radius 1 is 0.767 bits per heavy atom. The number of aliphatic imine (C=N–C) groups is 1. The van der Waals surface area contributed by atoms with E-state index in [1.807, 2.05) is 30.6 Å². The number of hydrogen-bond donors (Lipinski definition) is 10. The molecule has 0 aromatic heterocycles. The summed E-state index contributed by atoms with van der Waals surface area (Å²) in [7, 11) is 0. The van der Waals surface area contributed by atoms with Crippen LogP contribution in [0.15, 0.2) is 83.6 Å². The summed E-state index contributed by atoms with van der Waals surface area (Å²) in [5, 5.41) is 17.0. The Balaban J connectivity index is 2.45. The van der Waals surface area contributed by atoms with Gasteiger partial charge in [-0.1, -0.05) is 68.1 Å². The zero-order valence-corrected chi connectivity index (χ0v) is 35.9. The second-order valence-corrected chi connectivity index (χ2v) is 15.6. The molecule has 14 N–H and O–H groups in total. The van der Waals surface area contributed by atoms with E-state index in [-0.39, 0.29) is 37.6 Å². The topological polar surface area (TPSA) is 291 Å². The fraction of sp³-hybridized carbons (Fsp3) is 0.500. The Morgan fingerprint density at radius 2 is 1.37 bits per heavy atom. The predicted octanol–water partition coefficient (Wildman–Crippen LogP) is 0.276. The third kappa shape index (κ3) is 19.4. The maximum absolute atomic E-state index is 14.4. The zero-order valence-electron chi connectivity index (χ0n) is 35.0. The van der Waals surface area contributed by atoms with Crippen molar-refractivity contribution in [1.29, 1.82) is 0 Å². The van der Waals surface area contributed by atoms with Crippen molar-refractivity contribution in [3.05, 3.63) is 84.1 Å². The number of amides is 6. The molecular weight excluding hydrogens is 787 g/mol. The van der Waals surface area contributed by atoms with Crippen LogP contribution in [0.2, 0.25) is 0 Å². The molecule has 18 heteroatoms. The molecule has 0 spiro atoms. The minimum Gasteiger partial charge on any atom is -0.387 e. The number of allylic oxidation sites excluding steroid dienone is 4. The van der Waals surface area contributed by atoms with Crippen molar-refractivity contribution in [2.45, 2.75) is 95.4 Å². The van der Waals surface area contributed by atoms with Crippen LogP contribution < -0.4 is 54.8 Å². The Kier molecular flexibility index (Phi) is 23.5. The van der Waals surface area contributed by atoms with Gasteiger partial charge in [0.1, 0.15) is 30.2 Å². The molecule has 0 aliphatic carbocycles. The van der Waals surface area contributed by atoms with Crippen molar-refractivity contribution in [3.8, 4) is 0 Å². The summed E-state index contributed by atoms with van der Waals surface area (Å²) < 4.78 is 0. The number of hydrogen-bond acceptors (Lipinski definition) is 10. The molecule has 1 aliphatic heterocycles. The van der Waals surface area contributed by atoms with Gasteiger partial charge in [-0.3, -0.25) is 33.8 Å². The van der Waals surface area contributed by atoms with Gasteiger partial charge in [0.2, 0.25) is 35.4 Å². The van der Waals surface area contributed by atoms with Crippen LogP contribution in [0, 0.1) is 5.92 Å². The molecule has 1 aliphatic rings. The number of primary amides is 1. The number of rotatable bonds is 26. The van der Waals surface area contributed by atoms with Gasteiger partial charge >= 0.3 is 0 Å². The molecular formula is C42H65N11O6S. The van der Waals surface area contributed by atoms with E-state index in [0.29, 0.717) is 62.2 Å². The first-order valence-electron chi connectivity index (χ1n) is 20.2. The third-order valence-corrected chi connectivity index (χ3v) is 10.2. The van der Waals surface area contributed by atoms with Crippen molar-refractivity contribution in [1.82, 2.24) is 31.9 Å². The standard InChI is InChI=1S/C42H65N11O6S/c1-27-14-7-6-12-21-47-26-31(27)25-35(53-38(56)32(18-10-11-20-43)50-37(55)28(2)15-13-22-48-42(45)46)41(59)51-33(19-23-60-4)39(57)52-34(24-30-16-8-5-9-17-30)40(58)49-29(3)36(44)54/h5-9,12,14,16-17,26,28-29,32-35,47H,1,10-11,13,15,18-25,43H2,2-4H3,(H2,44,54)(H,49,58)(H,50,55)(H,51,59)(H,52,57)(H,53,56)(H4,45,46,48)/b12-6-,14-7-,31-26?/t28-,29-,32-,33-,34-,35-/m0/s1. The fourth-order valence-electron chi connectivity index (χ4n) is 5.97. The molecule has 0 saturated carbocycles. The lowest BCUT2D eigenvalue weighted by Gasteiger charge is -2.28. The van der Waals surface area contributed by atoms with Crippen LogP contribution >= 0.6 is 11.8 Å². The van der Waals surface area contributed by atoms with Crippen molar-refractivity contribution in [2.75, 3.05) is 31.6 Å². The lowest BCUT2D eigenvalue weighted by atomic mass is 9.98. The fourth-order valence-corrected chi connectivity index (χ4v) is 6.44.